The number of rotatable bonds is 8. The van der Waals surface area contributed by atoms with Crippen LogP contribution in [0.25, 0.3) is 22.5 Å². The van der Waals surface area contributed by atoms with Crippen LogP contribution in [0.2, 0.25) is 0 Å². The van der Waals surface area contributed by atoms with Crippen molar-refractivity contribution in [1.82, 2.24) is 35.4 Å². The van der Waals surface area contributed by atoms with Gasteiger partial charge in [-0.2, -0.15) is 10.3 Å². The molecule has 4 aromatic rings. The fourth-order valence-corrected chi connectivity index (χ4v) is 3.70. The van der Waals surface area contributed by atoms with Gasteiger partial charge < -0.3 is 5.11 Å². The lowest BCUT2D eigenvalue weighted by atomic mass is 9.98. The molecule has 9 nitrogen and oxygen atoms in total. The van der Waals surface area contributed by atoms with Crippen molar-refractivity contribution in [2.24, 2.45) is 0 Å². The van der Waals surface area contributed by atoms with E-state index < -0.39 is 11.9 Å². The molecule has 4 rings (SSSR count). The highest BCUT2D eigenvalue weighted by Crippen LogP contribution is 2.30. The number of H-pyrrole nitrogens is 1. The fourth-order valence-electron chi connectivity index (χ4n) is 3.70. The van der Waals surface area contributed by atoms with E-state index in [4.69, 9.17) is 0 Å². The highest BCUT2D eigenvalue weighted by atomic mass is 16.4. The predicted molar refractivity (Wildman–Crippen MR) is 119 cm³/mol. The molecule has 32 heavy (non-hydrogen) atoms. The Hall–Kier alpha value is -3.88. The van der Waals surface area contributed by atoms with Crippen molar-refractivity contribution in [1.29, 1.82) is 0 Å². The quantitative estimate of drug-likeness (QED) is 0.434. The first-order valence-electron chi connectivity index (χ1n) is 10.6. The van der Waals surface area contributed by atoms with E-state index in [1.54, 1.807) is 0 Å². The average Bonchev–Trinajstić information content (AvgIpc) is 3.45. The molecule has 164 valence electrons. The molecule has 2 N–H and O–H groups in total. The first kappa shape index (κ1) is 21.4. The van der Waals surface area contributed by atoms with Gasteiger partial charge >= 0.3 is 5.97 Å². The fraction of sp³-hybridized carbons (Fsp3) is 0.304. The van der Waals surface area contributed by atoms with E-state index >= 15 is 0 Å². The summed E-state index contributed by atoms with van der Waals surface area (Å²) in [4.78, 5) is 16.1. The zero-order chi connectivity index (χ0) is 22.7. The molecule has 0 aliphatic rings. The molecule has 0 saturated carbocycles. The third-order valence-electron chi connectivity index (χ3n) is 5.36. The minimum absolute atomic E-state index is 0.128. The van der Waals surface area contributed by atoms with Gasteiger partial charge in [0.05, 0.1) is 6.54 Å². The molecule has 1 atom stereocenters. The van der Waals surface area contributed by atoms with Crippen LogP contribution in [-0.4, -0.2) is 46.5 Å². The number of carbonyl (C=O) groups is 1. The smallest absolute Gasteiger partial charge is 0.314 e. The molecule has 0 amide bonds. The number of carboxylic acid groups (broad SMARTS) is 1. The molecule has 0 bridgehead atoms. The average molecular weight is 432 g/mol. The molecular weight excluding hydrogens is 406 g/mol. The molecule has 0 spiro atoms. The molecule has 0 aliphatic heterocycles. The predicted octanol–water partition coefficient (Wildman–Crippen LogP) is 3.88. The summed E-state index contributed by atoms with van der Waals surface area (Å²) in [6.07, 6.45) is 0.450. The minimum Gasteiger partial charge on any atom is -0.481 e. The summed E-state index contributed by atoms with van der Waals surface area (Å²) >= 11 is 0. The van der Waals surface area contributed by atoms with Gasteiger partial charge in [-0.15, -0.1) is 10.2 Å². The number of aromatic amines is 1. The second-order valence-corrected chi connectivity index (χ2v) is 7.92. The van der Waals surface area contributed by atoms with Gasteiger partial charge in [0.1, 0.15) is 11.7 Å². The number of tetrazole rings is 1. The number of aromatic nitrogens is 7. The summed E-state index contributed by atoms with van der Waals surface area (Å²) in [6.45, 7) is 6.41. The van der Waals surface area contributed by atoms with Gasteiger partial charge in [-0.1, -0.05) is 69.3 Å². The molecular formula is C23H25N7O2. The summed E-state index contributed by atoms with van der Waals surface area (Å²) in [5, 5.41) is 28.4. The Bertz CT molecular complexity index is 1200. The molecule has 9 heteroatoms. The van der Waals surface area contributed by atoms with Crippen molar-refractivity contribution in [3.63, 3.8) is 0 Å². The Kier molecular flexibility index (Phi) is 6.07. The lowest BCUT2D eigenvalue weighted by Gasteiger charge is -2.10. The SMILES string of the molecule is CCC(C(=O)O)c1nc(C(C)C)n(Cc2ccc(-c3ccccc3-c3nn[nH]n3)cc2)n1. The van der Waals surface area contributed by atoms with Crippen LogP contribution in [0.15, 0.2) is 48.5 Å². The van der Waals surface area contributed by atoms with Crippen LogP contribution in [0.1, 0.15) is 56.2 Å². The van der Waals surface area contributed by atoms with Gasteiger partial charge in [0.25, 0.3) is 0 Å². The van der Waals surface area contributed by atoms with Crippen LogP contribution in [0.3, 0.4) is 0 Å². The molecule has 1 unspecified atom stereocenters. The van der Waals surface area contributed by atoms with E-state index in [-0.39, 0.29) is 5.92 Å². The van der Waals surface area contributed by atoms with E-state index in [9.17, 15) is 9.90 Å². The molecule has 2 heterocycles. The van der Waals surface area contributed by atoms with Crippen molar-refractivity contribution in [2.75, 3.05) is 0 Å². The number of carboxylic acids is 1. The van der Waals surface area contributed by atoms with Gasteiger partial charge in [0.15, 0.2) is 5.82 Å². The van der Waals surface area contributed by atoms with Crippen molar-refractivity contribution in [2.45, 2.75) is 45.6 Å². The van der Waals surface area contributed by atoms with Gasteiger partial charge in [0.2, 0.25) is 5.82 Å². The first-order valence-corrected chi connectivity index (χ1v) is 10.6. The van der Waals surface area contributed by atoms with Crippen LogP contribution in [-0.2, 0) is 11.3 Å². The van der Waals surface area contributed by atoms with Crippen molar-refractivity contribution in [3.8, 4) is 22.5 Å². The topological polar surface area (TPSA) is 122 Å². The van der Waals surface area contributed by atoms with Crippen LogP contribution < -0.4 is 0 Å². The third-order valence-corrected chi connectivity index (χ3v) is 5.36. The maximum Gasteiger partial charge on any atom is 0.314 e. The zero-order valence-corrected chi connectivity index (χ0v) is 18.2. The Morgan fingerprint density at radius 1 is 1.09 bits per heavy atom. The number of nitrogens with one attached hydrogen (secondary N) is 1. The molecule has 0 aliphatic carbocycles. The van der Waals surface area contributed by atoms with Crippen LogP contribution in [0.4, 0.5) is 0 Å². The van der Waals surface area contributed by atoms with E-state index in [1.807, 2.05) is 74.0 Å². The van der Waals surface area contributed by atoms with Gasteiger partial charge in [-0.05, 0) is 28.3 Å². The maximum absolute atomic E-state index is 11.6. The standard InChI is InChI=1S/C23H25N7O2/c1-4-17(23(31)32)20-24-22(14(2)3)30(27-20)13-15-9-11-16(12-10-15)18-7-5-6-8-19(18)21-25-28-29-26-21/h5-12,14,17H,4,13H2,1-3H3,(H,31,32)(H,25,26,28,29). The Morgan fingerprint density at radius 3 is 2.41 bits per heavy atom. The Morgan fingerprint density at radius 2 is 1.81 bits per heavy atom. The lowest BCUT2D eigenvalue weighted by Crippen LogP contribution is -2.13. The summed E-state index contributed by atoms with van der Waals surface area (Å²) in [6, 6.07) is 16.1. The summed E-state index contributed by atoms with van der Waals surface area (Å²) < 4.78 is 1.81. The minimum atomic E-state index is -0.899. The normalized spacial score (nSPS) is 12.2. The van der Waals surface area contributed by atoms with Crippen molar-refractivity contribution in [3.05, 3.63) is 65.7 Å². The summed E-state index contributed by atoms with van der Waals surface area (Å²) in [5.41, 5.74) is 4.00. The zero-order valence-electron chi connectivity index (χ0n) is 18.2. The van der Waals surface area contributed by atoms with Gasteiger partial charge in [0, 0.05) is 11.5 Å². The Balaban J connectivity index is 1.62. The van der Waals surface area contributed by atoms with E-state index in [0.29, 0.717) is 24.6 Å². The second-order valence-electron chi connectivity index (χ2n) is 7.92. The summed E-state index contributed by atoms with van der Waals surface area (Å²) in [5.74, 6) is 0.233. The maximum atomic E-state index is 11.6. The Labute approximate surface area is 185 Å². The molecule has 0 saturated heterocycles. The van der Waals surface area contributed by atoms with Crippen LogP contribution in [0.5, 0.6) is 0 Å². The number of nitrogens with zero attached hydrogens (tertiary/aromatic N) is 6. The van der Waals surface area contributed by atoms with E-state index in [1.165, 1.54) is 0 Å². The van der Waals surface area contributed by atoms with Crippen LogP contribution in [0, 0.1) is 0 Å². The van der Waals surface area contributed by atoms with Crippen molar-refractivity contribution < 1.29 is 9.90 Å². The van der Waals surface area contributed by atoms with Gasteiger partial charge in [-0.25, -0.2) is 9.67 Å². The molecule has 2 aromatic carbocycles. The highest BCUT2D eigenvalue weighted by Gasteiger charge is 2.25. The molecule has 0 radical (unpaired) electrons. The number of benzene rings is 2. The van der Waals surface area contributed by atoms with E-state index in [2.05, 4.69) is 30.7 Å². The monoisotopic (exact) mass is 431 g/mol. The highest BCUT2D eigenvalue weighted by molar-refractivity contribution is 5.80. The van der Waals surface area contributed by atoms with E-state index in [0.717, 1.165) is 28.1 Å². The number of aliphatic carboxylic acids is 1. The molecule has 0 fully saturated rings. The van der Waals surface area contributed by atoms with Crippen molar-refractivity contribution >= 4 is 5.97 Å². The van der Waals surface area contributed by atoms with Gasteiger partial charge in [-0.3, -0.25) is 4.79 Å². The summed E-state index contributed by atoms with van der Waals surface area (Å²) in [7, 11) is 0. The lowest BCUT2D eigenvalue weighted by molar-refractivity contribution is -0.139. The second kappa shape index (κ2) is 9.09. The molecule has 2 aromatic heterocycles. The third kappa shape index (κ3) is 4.27. The number of hydrogen-bond acceptors (Lipinski definition) is 6. The first-order chi connectivity index (χ1) is 15.5. The number of hydrogen-bond donors (Lipinski definition) is 2. The van der Waals surface area contributed by atoms with Crippen LogP contribution >= 0.6 is 0 Å². The largest absolute Gasteiger partial charge is 0.481 e.